The Bertz CT molecular complexity index is 923. The molecule has 0 aliphatic heterocycles. The van der Waals surface area contributed by atoms with E-state index < -0.39 is 0 Å². The molecule has 0 saturated heterocycles. The van der Waals surface area contributed by atoms with E-state index >= 15 is 0 Å². The molecule has 3 rings (SSSR count). The van der Waals surface area contributed by atoms with Crippen LogP contribution in [0.4, 0.5) is 5.69 Å². The van der Waals surface area contributed by atoms with Crippen molar-refractivity contribution in [2.45, 2.75) is 13.5 Å². The van der Waals surface area contributed by atoms with Gasteiger partial charge < -0.3 is 10.6 Å². The molecule has 2 N–H and O–H groups in total. The van der Waals surface area contributed by atoms with Crippen LogP contribution in [0, 0.1) is 6.92 Å². The van der Waals surface area contributed by atoms with E-state index in [0.717, 1.165) is 16.8 Å². The van der Waals surface area contributed by atoms with Crippen LogP contribution in [0.2, 0.25) is 0 Å². The first-order valence-electron chi connectivity index (χ1n) is 8.27. The molecule has 5 heteroatoms. The minimum absolute atomic E-state index is 0.230. The highest BCUT2D eigenvalue weighted by atomic mass is 16.2. The monoisotopic (exact) mass is 345 g/mol. The summed E-state index contributed by atoms with van der Waals surface area (Å²) < 4.78 is 0. The Labute approximate surface area is 152 Å². The van der Waals surface area contributed by atoms with Gasteiger partial charge in [0.05, 0.1) is 0 Å². The molecule has 0 unspecified atom stereocenters. The first kappa shape index (κ1) is 17.4. The second-order valence-electron chi connectivity index (χ2n) is 5.94. The van der Waals surface area contributed by atoms with Gasteiger partial charge in [0, 0.05) is 35.8 Å². The van der Waals surface area contributed by atoms with Gasteiger partial charge in [0.2, 0.25) is 0 Å². The summed E-state index contributed by atoms with van der Waals surface area (Å²) in [7, 11) is 0. The molecular formula is C21H19N3O2. The molecule has 0 aliphatic rings. The maximum Gasteiger partial charge on any atom is 0.255 e. The van der Waals surface area contributed by atoms with Crippen LogP contribution in [0.3, 0.4) is 0 Å². The van der Waals surface area contributed by atoms with Crippen LogP contribution < -0.4 is 10.6 Å². The Hall–Kier alpha value is -3.47. The molecule has 0 spiro atoms. The third-order valence-electron chi connectivity index (χ3n) is 3.87. The number of amides is 2. The summed E-state index contributed by atoms with van der Waals surface area (Å²) in [6.45, 7) is 2.37. The van der Waals surface area contributed by atoms with Gasteiger partial charge in [0.25, 0.3) is 11.8 Å². The summed E-state index contributed by atoms with van der Waals surface area (Å²) in [5, 5.41) is 5.69. The van der Waals surface area contributed by atoms with Gasteiger partial charge >= 0.3 is 0 Å². The van der Waals surface area contributed by atoms with E-state index in [2.05, 4.69) is 15.6 Å². The SMILES string of the molecule is Cc1cccc(NC(=O)c2cccc(C(=O)NCc3ccncc3)c2)c1. The fourth-order valence-electron chi connectivity index (χ4n) is 2.51. The quantitative estimate of drug-likeness (QED) is 0.742. The number of anilines is 1. The van der Waals surface area contributed by atoms with E-state index in [4.69, 9.17) is 0 Å². The number of carbonyl (C=O) groups is 2. The third kappa shape index (κ3) is 4.54. The van der Waals surface area contributed by atoms with E-state index in [1.807, 2.05) is 43.3 Å². The summed E-state index contributed by atoms with van der Waals surface area (Å²) >= 11 is 0. The second kappa shape index (κ2) is 8.07. The molecule has 2 amide bonds. The molecule has 26 heavy (non-hydrogen) atoms. The zero-order chi connectivity index (χ0) is 18.4. The largest absolute Gasteiger partial charge is 0.348 e. The minimum Gasteiger partial charge on any atom is -0.348 e. The molecule has 3 aromatic rings. The maximum absolute atomic E-state index is 12.4. The van der Waals surface area contributed by atoms with Crippen LogP contribution in [0.25, 0.3) is 0 Å². The number of rotatable bonds is 5. The topological polar surface area (TPSA) is 71.1 Å². The molecular weight excluding hydrogens is 326 g/mol. The predicted octanol–water partition coefficient (Wildman–Crippen LogP) is 3.57. The molecule has 2 aromatic carbocycles. The zero-order valence-corrected chi connectivity index (χ0v) is 14.4. The lowest BCUT2D eigenvalue weighted by Gasteiger charge is -2.08. The minimum atomic E-state index is -0.251. The van der Waals surface area contributed by atoms with E-state index in [-0.39, 0.29) is 11.8 Å². The molecule has 5 nitrogen and oxygen atoms in total. The lowest BCUT2D eigenvalue weighted by atomic mass is 10.1. The van der Waals surface area contributed by atoms with E-state index in [1.165, 1.54) is 0 Å². The van der Waals surface area contributed by atoms with Gasteiger partial charge in [-0.25, -0.2) is 0 Å². The van der Waals surface area contributed by atoms with Crippen LogP contribution in [0.1, 0.15) is 31.8 Å². The summed E-state index contributed by atoms with van der Waals surface area (Å²) in [6, 6.07) is 17.9. The Kier molecular flexibility index (Phi) is 5.39. The number of nitrogens with zero attached hydrogens (tertiary/aromatic N) is 1. The number of benzene rings is 2. The first-order chi connectivity index (χ1) is 12.6. The number of nitrogens with one attached hydrogen (secondary N) is 2. The lowest BCUT2D eigenvalue weighted by molar-refractivity contribution is 0.0951. The first-order valence-corrected chi connectivity index (χ1v) is 8.27. The summed E-state index contributed by atoms with van der Waals surface area (Å²) in [5.41, 5.74) is 3.62. The Morgan fingerprint density at radius 2 is 1.58 bits per heavy atom. The van der Waals surface area contributed by atoms with E-state index in [0.29, 0.717) is 17.7 Å². The second-order valence-corrected chi connectivity index (χ2v) is 5.94. The van der Waals surface area contributed by atoms with Crippen LogP contribution in [-0.4, -0.2) is 16.8 Å². The lowest BCUT2D eigenvalue weighted by Crippen LogP contribution is -2.23. The van der Waals surface area contributed by atoms with E-state index in [1.54, 1.807) is 36.7 Å². The van der Waals surface area contributed by atoms with Crippen LogP contribution in [0.15, 0.2) is 73.1 Å². The smallest absolute Gasteiger partial charge is 0.255 e. The average molecular weight is 345 g/mol. The van der Waals surface area contributed by atoms with Crippen molar-refractivity contribution in [1.29, 1.82) is 0 Å². The predicted molar refractivity (Wildman–Crippen MR) is 101 cm³/mol. The van der Waals surface area contributed by atoms with Crippen LogP contribution in [0.5, 0.6) is 0 Å². The normalized spacial score (nSPS) is 10.2. The fraction of sp³-hybridized carbons (Fsp3) is 0.0952. The van der Waals surface area contributed by atoms with Crippen LogP contribution >= 0.6 is 0 Å². The molecule has 0 aliphatic carbocycles. The number of pyridine rings is 1. The molecule has 0 radical (unpaired) electrons. The maximum atomic E-state index is 12.4. The van der Waals surface area contributed by atoms with Gasteiger partial charge in [0.15, 0.2) is 0 Å². The molecule has 1 heterocycles. The summed E-state index contributed by atoms with van der Waals surface area (Å²) in [5.74, 6) is -0.480. The van der Waals surface area contributed by atoms with Crippen LogP contribution in [-0.2, 0) is 6.54 Å². The number of aromatic nitrogens is 1. The van der Waals surface area contributed by atoms with Crippen molar-refractivity contribution in [2.24, 2.45) is 0 Å². The van der Waals surface area contributed by atoms with Gasteiger partial charge in [-0.3, -0.25) is 14.6 Å². The van der Waals surface area contributed by atoms with Crippen molar-refractivity contribution in [3.63, 3.8) is 0 Å². The highest BCUT2D eigenvalue weighted by molar-refractivity contribution is 6.06. The molecule has 130 valence electrons. The standard InChI is InChI=1S/C21H19N3O2/c1-15-4-2-7-19(12-15)24-21(26)18-6-3-5-17(13-18)20(25)23-14-16-8-10-22-11-9-16/h2-13H,14H2,1H3,(H,23,25)(H,24,26). The van der Waals surface area contributed by atoms with Gasteiger partial charge in [-0.15, -0.1) is 0 Å². The van der Waals surface area contributed by atoms with Crippen molar-refractivity contribution in [3.8, 4) is 0 Å². The van der Waals surface area contributed by atoms with Crippen molar-refractivity contribution in [2.75, 3.05) is 5.32 Å². The molecule has 0 bridgehead atoms. The van der Waals surface area contributed by atoms with E-state index in [9.17, 15) is 9.59 Å². The van der Waals surface area contributed by atoms with Gasteiger partial charge in [-0.05, 0) is 60.5 Å². The zero-order valence-electron chi connectivity index (χ0n) is 14.4. The van der Waals surface area contributed by atoms with Crippen molar-refractivity contribution < 1.29 is 9.59 Å². The third-order valence-corrected chi connectivity index (χ3v) is 3.87. The molecule has 0 atom stereocenters. The van der Waals surface area contributed by atoms with Crippen molar-refractivity contribution in [1.82, 2.24) is 10.3 Å². The van der Waals surface area contributed by atoms with Crippen molar-refractivity contribution >= 4 is 17.5 Å². The molecule has 0 fully saturated rings. The average Bonchev–Trinajstić information content (AvgIpc) is 2.67. The molecule has 1 aromatic heterocycles. The highest BCUT2D eigenvalue weighted by Crippen LogP contribution is 2.13. The Balaban J connectivity index is 1.67. The summed E-state index contributed by atoms with van der Waals surface area (Å²) in [4.78, 5) is 28.7. The van der Waals surface area contributed by atoms with Gasteiger partial charge in [-0.1, -0.05) is 18.2 Å². The van der Waals surface area contributed by atoms with Gasteiger partial charge in [-0.2, -0.15) is 0 Å². The molecule has 0 saturated carbocycles. The number of aryl methyl sites for hydroxylation is 1. The Morgan fingerprint density at radius 1 is 0.885 bits per heavy atom. The van der Waals surface area contributed by atoms with Gasteiger partial charge in [0.1, 0.15) is 0 Å². The number of hydrogen-bond donors (Lipinski definition) is 2. The van der Waals surface area contributed by atoms with Crippen molar-refractivity contribution in [3.05, 3.63) is 95.3 Å². The number of hydrogen-bond acceptors (Lipinski definition) is 3. The summed E-state index contributed by atoms with van der Waals surface area (Å²) in [6.07, 6.45) is 3.36. The highest BCUT2D eigenvalue weighted by Gasteiger charge is 2.11. The fourth-order valence-corrected chi connectivity index (χ4v) is 2.51. The number of carbonyl (C=O) groups excluding carboxylic acids is 2. The Morgan fingerprint density at radius 3 is 2.31 bits per heavy atom.